The first-order chi connectivity index (χ1) is 11.1. The summed E-state index contributed by atoms with van der Waals surface area (Å²) < 4.78 is 0. The largest absolute Gasteiger partial charge is 0.478 e. The lowest BCUT2D eigenvalue weighted by molar-refractivity contribution is -0.133. The van der Waals surface area contributed by atoms with E-state index in [4.69, 9.17) is 5.11 Å². The van der Waals surface area contributed by atoms with Gasteiger partial charge in [0.25, 0.3) is 0 Å². The second-order valence-electron chi connectivity index (χ2n) is 6.25. The van der Waals surface area contributed by atoms with Crippen LogP contribution in [-0.2, 0) is 9.59 Å². The summed E-state index contributed by atoms with van der Waals surface area (Å²) in [6, 6.07) is 0. The molecule has 0 aliphatic carbocycles. The number of carboxylic acids is 1. The van der Waals surface area contributed by atoms with Crippen LogP contribution in [0.2, 0.25) is 0 Å². The molecule has 0 atom stereocenters. The molecule has 0 radical (unpaired) electrons. The van der Waals surface area contributed by atoms with Crippen LogP contribution in [-0.4, -0.2) is 16.9 Å². The minimum absolute atomic E-state index is 0.00326. The van der Waals surface area contributed by atoms with E-state index >= 15 is 0 Å². The van der Waals surface area contributed by atoms with Crippen LogP contribution >= 0.6 is 0 Å². The minimum atomic E-state index is -1.07. The third-order valence-electron chi connectivity index (χ3n) is 3.93. The van der Waals surface area contributed by atoms with E-state index in [2.05, 4.69) is 25.7 Å². The van der Waals surface area contributed by atoms with Crippen molar-refractivity contribution in [1.29, 1.82) is 0 Å². The molecule has 0 aromatic rings. The van der Waals surface area contributed by atoms with Crippen LogP contribution in [0.5, 0.6) is 0 Å². The summed E-state index contributed by atoms with van der Waals surface area (Å²) in [6.07, 6.45) is 18.2. The van der Waals surface area contributed by atoms with Gasteiger partial charge in [-0.2, -0.15) is 0 Å². The van der Waals surface area contributed by atoms with Gasteiger partial charge in [-0.25, -0.2) is 4.79 Å². The van der Waals surface area contributed by atoms with E-state index in [1.165, 1.54) is 44.9 Å². The summed E-state index contributed by atoms with van der Waals surface area (Å²) in [7, 11) is 0. The van der Waals surface area contributed by atoms with Gasteiger partial charge in [0.2, 0.25) is 0 Å². The first-order valence-electron chi connectivity index (χ1n) is 9.15. The molecule has 0 bridgehead atoms. The quantitative estimate of drug-likeness (QED) is 0.220. The van der Waals surface area contributed by atoms with E-state index in [1.54, 1.807) is 0 Å². The number of aliphatic carboxylic acids is 1. The zero-order chi connectivity index (χ0) is 17.3. The molecular formula is C20H34O3. The van der Waals surface area contributed by atoms with E-state index in [1.807, 2.05) is 0 Å². The van der Waals surface area contributed by atoms with E-state index in [9.17, 15) is 9.59 Å². The molecule has 0 heterocycles. The minimum Gasteiger partial charge on any atom is -0.478 e. The lowest BCUT2D eigenvalue weighted by atomic mass is 10.0. The maximum atomic E-state index is 11.5. The molecule has 0 aliphatic heterocycles. The molecule has 3 heteroatoms. The zero-order valence-electron chi connectivity index (χ0n) is 14.8. The van der Waals surface area contributed by atoms with Crippen LogP contribution in [0.15, 0.2) is 24.3 Å². The fourth-order valence-electron chi connectivity index (χ4n) is 2.44. The number of allylic oxidation sites excluding steroid dienone is 2. The van der Waals surface area contributed by atoms with Crippen LogP contribution in [0.3, 0.4) is 0 Å². The molecule has 0 spiro atoms. The van der Waals surface area contributed by atoms with Gasteiger partial charge in [0.1, 0.15) is 5.78 Å². The maximum absolute atomic E-state index is 11.5. The van der Waals surface area contributed by atoms with Crippen molar-refractivity contribution in [3.05, 3.63) is 24.3 Å². The highest BCUT2D eigenvalue weighted by molar-refractivity contribution is 5.94. The molecule has 0 saturated heterocycles. The van der Waals surface area contributed by atoms with Crippen molar-refractivity contribution in [2.24, 2.45) is 0 Å². The van der Waals surface area contributed by atoms with Gasteiger partial charge in [-0.1, -0.05) is 64.2 Å². The monoisotopic (exact) mass is 322 g/mol. The third kappa shape index (κ3) is 15.3. The average molecular weight is 322 g/mol. The number of carbonyl (C=O) groups is 2. The van der Waals surface area contributed by atoms with Gasteiger partial charge < -0.3 is 5.11 Å². The van der Waals surface area contributed by atoms with Crippen LogP contribution in [0, 0.1) is 0 Å². The number of unbranched alkanes of at least 4 members (excludes halogenated alkanes) is 9. The number of rotatable bonds is 16. The van der Waals surface area contributed by atoms with Gasteiger partial charge in [0.15, 0.2) is 0 Å². The van der Waals surface area contributed by atoms with Crippen molar-refractivity contribution in [3.63, 3.8) is 0 Å². The lowest BCUT2D eigenvalue weighted by Gasteiger charge is -2.02. The van der Waals surface area contributed by atoms with E-state index in [0.717, 1.165) is 25.7 Å². The highest BCUT2D eigenvalue weighted by atomic mass is 16.4. The fourth-order valence-corrected chi connectivity index (χ4v) is 2.44. The third-order valence-corrected chi connectivity index (χ3v) is 3.93. The average Bonchev–Trinajstić information content (AvgIpc) is 2.51. The maximum Gasteiger partial charge on any atom is 0.331 e. The Kier molecular flexibility index (Phi) is 14.6. The standard InChI is InChI=1S/C20H34O3/c1-3-4-5-6-7-8-9-10-11-12-13-14-15-16-19(21)17-18(2)20(22)23/h8-9H,2-7,10-17H2,1H3,(H,22,23)/b9-8-. The number of hydrogen-bond donors (Lipinski definition) is 1. The van der Waals surface area contributed by atoms with Crippen molar-refractivity contribution in [2.45, 2.75) is 90.4 Å². The fraction of sp³-hybridized carbons (Fsp3) is 0.700. The van der Waals surface area contributed by atoms with Gasteiger partial charge in [0, 0.05) is 18.4 Å². The van der Waals surface area contributed by atoms with Crippen molar-refractivity contribution < 1.29 is 14.7 Å². The first kappa shape index (κ1) is 21.6. The normalized spacial score (nSPS) is 11.0. The van der Waals surface area contributed by atoms with Crippen molar-refractivity contribution in [3.8, 4) is 0 Å². The highest BCUT2D eigenvalue weighted by Crippen LogP contribution is 2.11. The SMILES string of the molecule is C=C(CC(=O)CCCCCCC/C=C\CCCCCC)C(=O)O. The molecule has 0 saturated carbocycles. The predicted molar refractivity (Wildman–Crippen MR) is 96.6 cm³/mol. The van der Waals surface area contributed by atoms with Crippen molar-refractivity contribution >= 4 is 11.8 Å². The molecule has 0 aromatic heterocycles. The topological polar surface area (TPSA) is 54.4 Å². The van der Waals surface area contributed by atoms with Crippen LogP contribution in [0.4, 0.5) is 0 Å². The van der Waals surface area contributed by atoms with Crippen LogP contribution in [0.25, 0.3) is 0 Å². The van der Waals surface area contributed by atoms with Gasteiger partial charge >= 0.3 is 5.97 Å². The molecule has 0 fully saturated rings. The number of carbonyl (C=O) groups excluding carboxylic acids is 1. The number of ketones is 1. The molecule has 1 N–H and O–H groups in total. The van der Waals surface area contributed by atoms with Gasteiger partial charge in [-0.15, -0.1) is 0 Å². The molecular weight excluding hydrogens is 288 g/mol. The van der Waals surface area contributed by atoms with Gasteiger partial charge in [0.05, 0.1) is 0 Å². The van der Waals surface area contributed by atoms with E-state index < -0.39 is 5.97 Å². The number of carboxylic acid groups (broad SMARTS) is 1. The summed E-state index contributed by atoms with van der Waals surface area (Å²) >= 11 is 0. The predicted octanol–water partition coefficient (Wildman–Crippen LogP) is 5.84. The Morgan fingerprint density at radius 3 is 1.96 bits per heavy atom. The number of hydrogen-bond acceptors (Lipinski definition) is 2. The van der Waals surface area contributed by atoms with Gasteiger partial charge in [-0.05, 0) is 32.1 Å². The Balaban J connectivity index is 3.33. The number of Topliss-reactive ketones (excluding diaryl/α,β-unsaturated/α-hetero) is 1. The molecule has 0 unspecified atom stereocenters. The zero-order valence-corrected chi connectivity index (χ0v) is 14.8. The van der Waals surface area contributed by atoms with Gasteiger partial charge in [-0.3, -0.25) is 4.79 Å². The Bertz CT molecular complexity index is 369. The Hall–Kier alpha value is -1.38. The molecule has 0 aromatic carbocycles. The Morgan fingerprint density at radius 2 is 1.39 bits per heavy atom. The summed E-state index contributed by atoms with van der Waals surface area (Å²) in [5.41, 5.74) is -0.00326. The van der Waals surface area contributed by atoms with E-state index in [-0.39, 0.29) is 17.8 Å². The summed E-state index contributed by atoms with van der Waals surface area (Å²) in [5.74, 6) is -1.08. The van der Waals surface area contributed by atoms with Crippen molar-refractivity contribution in [2.75, 3.05) is 0 Å². The highest BCUT2D eigenvalue weighted by Gasteiger charge is 2.09. The molecule has 0 rings (SSSR count). The van der Waals surface area contributed by atoms with Crippen LogP contribution < -0.4 is 0 Å². The molecule has 0 aliphatic rings. The Labute approximate surface area is 141 Å². The molecule has 0 amide bonds. The van der Waals surface area contributed by atoms with Crippen molar-refractivity contribution in [1.82, 2.24) is 0 Å². The smallest absolute Gasteiger partial charge is 0.331 e. The second-order valence-corrected chi connectivity index (χ2v) is 6.25. The second kappa shape index (κ2) is 15.5. The lowest BCUT2D eigenvalue weighted by Crippen LogP contribution is -2.06. The van der Waals surface area contributed by atoms with Crippen LogP contribution in [0.1, 0.15) is 90.4 Å². The molecule has 3 nitrogen and oxygen atoms in total. The first-order valence-corrected chi connectivity index (χ1v) is 9.15. The molecule has 23 heavy (non-hydrogen) atoms. The van der Waals surface area contributed by atoms with E-state index in [0.29, 0.717) is 6.42 Å². The molecule has 132 valence electrons. The Morgan fingerprint density at radius 1 is 0.870 bits per heavy atom. The summed E-state index contributed by atoms with van der Waals surface area (Å²) in [4.78, 5) is 22.1. The summed E-state index contributed by atoms with van der Waals surface area (Å²) in [5, 5.41) is 8.66. The summed E-state index contributed by atoms with van der Waals surface area (Å²) in [6.45, 7) is 5.62.